The molecule has 3 aliphatic rings. The second-order valence-corrected chi connectivity index (χ2v) is 8.80. The van der Waals surface area contributed by atoms with Crippen LogP contribution in [0.15, 0.2) is 36.7 Å². The van der Waals surface area contributed by atoms with Gasteiger partial charge in [-0.3, -0.25) is 4.79 Å². The molecule has 3 fully saturated rings. The van der Waals surface area contributed by atoms with E-state index >= 15 is 0 Å². The Balaban J connectivity index is 1.28. The Labute approximate surface area is 183 Å². The van der Waals surface area contributed by atoms with Crippen molar-refractivity contribution < 1.29 is 22.8 Å². The molecule has 0 saturated carbocycles. The summed E-state index contributed by atoms with van der Waals surface area (Å²) in [6.07, 6.45) is -2.09. The van der Waals surface area contributed by atoms with Crippen LogP contribution in [0, 0.1) is 0 Å². The maximum Gasteiger partial charge on any atom is 0.416 e. The normalized spacial score (nSPS) is 20.2. The molecule has 166 valence electrons. The zero-order chi connectivity index (χ0) is 22.6. The largest absolute Gasteiger partial charge is 0.416 e. The van der Waals surface area contributed by atoms with Crippen molar-refractivity contribution in [3.05, 3.63) is 47.1 Å². The lowest BCUT2D eigenvalue weighted by atomic mass is 9.87. The van der Waals surface area contributed by atoms with Gasteiger partial charge in [-0.05, 0) is 36.8 Å². The molecule has 8 nitrogen and oxygen atoms in total. The number of piperidine rings is 1. The number of hydrogen-bond acceptors (Lipinski definition) is 6. The fourth-order valence-corrected chi connectivity index (χ4v) is 5.17. The van der Waals surface area contributed by atoms with Crippen LogP contribution in [0.1, 0.15) is 21.7 Å². The number of primary amides is 1. The molecule has 2 atom stereocenters. The number of nitrogens with one attached hydrogen (secondary N) is 1. The number of amides is 3. The van der Waals surface area contributed by atoms with Crippen molar-refractivity contribution in [2.75, 3.05) is 23.3 Å². The van der Waals surface area contributed by atoms with Crippen molar-refractivity contribution in [3.63, 3.8) is 0 Å². The number of nitrogens with two attached hydrogens (primary N) is 1. The maximum atomic E-state index is 12.7. The number of urea groups is 1. The molecule has 3 N–H and O–H groups in total. The van der Waals surface area contributed by atoms with Gasteiger partial charge in [0.05, 0.1) is 32.7 Å². The summed E-state index contributed by atoms with van der Waals surface area (Å²) in [6.45, 7) is 0.894. The van der Waals surface area contributed by atoms with E-state index < -0.39 is 17.6 Å². The third-order valence-corrected chi connectivity index (χ3v) is 6.86. The van der Waals surface area contributed by atoms with Crippen LogP contribution in [0.5, 0.6) is 0 Å². The van der Waals surface area contributed by atoms with Gasteiger partial charge < -0.3 is 20.9 Å². The molecule has 32 heavy (non-hydrogen) atoms. The third-order valence-electron chi connectivity index (χ3n) is 5.72. The van der Waals surface area contributed by atoms with Gasteiger partial charge in [-0.1, -0.05) is 0 Å². The molecular formula is C20H17F3N6O2S. The van der Waals surface area contributed by atoms with Gasteiger partial charge in [0.25, 0.3) is 5.91 Å². The van der Waals surface area contributed by atoms with Crippen LogP contribution < -0.4 is 16.0 Å². The Bertz CT molecular complexity index is 1200. The molecule has 0 aliphatic carbocycles. The Morgan fingerprint density at radius 1 is 1.12 bits per heavy atom. The fourth-order valence-electron chi connectivity index (χ4n) is 4.21. The number of halogens is 3. The van der Waals surface area contributed by atoms with Crippen LogP contribution in [0.2, 0.25) is 0 Å². The number of fused-ring (bicyclic) bond motifs is 3. The summed E-state index contributed by atoms with van der Waals surface area (Å²) in [5.41, 5.74) is 5.57. The maximum absolute atomic E-state index is 12.7. The highest BCUT2D eigenvalue weighted by Crippen LogP contribution is 2.41. The number of carbonyl (C=O) groups is 2. The molecule has 6 rings (SSSR count). The number of alkyl halides is 3. The van der Waals surface area contributed by atoms with Crippen molar-refractivity contribution in [2.24, 2.45) is 5.73 Å². The molecule has 5 heterocycles. The lowest BCUT2D eigenvalue weighted by Crippen LogP contribution is -2.70. The van der Waals surface area contributed by atoms with Crippen molar-refractivity contribution in [3.8, 4) is 0 Å². The van der Waals surface area contributed by atoms with Crippen molar-refractivity contribution >= 4 is 45.0 Å². The Morgan fingerprint density at radius 2 is 1.81 bits per heavy atom. The molecule has 0 unspecified atom stereocenters. The van der Waals surface area contributed by atoms with Crippen molar-refractivity contribution in [1.82, 2.24) is 14.9 Å². The highest BCUT2D eigenvalue weighted by Gasteiger charge is 2.47. The first kappa shape index (κ1) is 20.5. The molecule has 3 saturated heterocycles. The molecule has 1 aromatic carbocycles. The summed E-state index contributed by atoms with van der Waals surface area (Å²) in [5, 5.41) is 2.66. The van der Waals surface area contributed by atoms with Gasteiger partial charge >= 0.3 is 12.2 Å². The zero-order valence-corrected chi connectivity index (χ0v) is 17.3. The first-order chi connectivity index (χ1) is 15.2. The first-order valence-electron chi connectivity index (χ1n) is 9.76. The lowest BCUT2D eigenvalue weighted by Gasteiger charge is -2.56. The van der Waals surface area contributed by atoms with Gasteiger partial charge in [0, 0.05) is 18.8 Å². The molecule has 2 aromatic heterocycles. The Morgan fingerprint density at radius 3 is 2.44 bits per heavy atom. The number of rotatable bonds is 3. The SMILES string of the molecule is NC(=O)c1cc2ncnc(N3[C@@H]4C[C@H]3CN(C(=O)Nc3ccc(C(F)(F)F)cc3)C4)c2s1. The molecule has 0 radical (unpaired) electrons. The Hall–Kier alpha value is -3.41. The zero-order valence-electron chi connectivity index (χ0n) is 16.5. The van der Waals surface area contributed by atoms with Gasteiger partial charge in [-0.15, -0.1) is 11.3 Å². The summed E-state index contributed by atoms with van der Waals surface area (Å²) in [6, 6.07) is 5.73. The number of carbonyl (C=O) groups excluding carboxylic acids is 2. The monoisotopic (exact) mass is 462 g/mol. The van der Waals surface area contributed by atoms with Crippen LogP contribution in [-0.4, -0.2) is 52.0 Å². The van der Waals surface area contributed by atoms with Crippen LogP contribution in [-0.2, 0) is 6.18 Å². The third kappa shape index (κ3) is 3.49. The summed E-state index contributed by atoms with van der Waals surface area (Å²) in [4.78, 5) is 37.0. The summed E-state index contributed by atoms with van der Waals surface area (Å²) >= 11 is 1.25. The average Bonchev–Trinajstić information content (AvgIpc) is 3.19. The standard InChI is InChI=1S/C20H17F3N6O2S/c21-20(22,23)10-1-3-11(4-2-10)27-19(31)28-7-12-5-13(8-28)29(12)18-16-14(25-9-26-18)6-15(32-16)17(24)30/h1-4,6,9,12-13H,5,7-8H2,(H2,24,30)(H,27,31)/t12-,13+. The smallest absolute Gasteiger partial charge is 0.365 e. The Kier molecular flexibility index (Phi) is 4.69. The minimum atomic E-state index is -4.42. The number of benzene rings is 1. The lowest BCUT2D eigenvalue weighted by molar-refractivity contribution is -0.137. The van der Waals surface area contributed by atoms with Gasteiger partial charge in [0.2, 0.25) is 0 Å². The molecule has 3 aliphatic heterocycles. The number of hydrogen-bond donors (Lipinski definition) is 2. The molecule has 12 heteroatoms. The molecule has 3 aromatic rings. The van der Waals surface area contributed by atoms with E-state index in [1.807, 2.05) is 0 Å². The fraction of sp³-hybridized carbons (Fsp3) is 0.300. The van der Waals surface area contributed by atoms with E-state index in [1.165, 1.54) is 29.8 Å². The van der Waals surface area contributed by atoms with Crippen LogP contribution >= 0.6 is 11.3 Å². The van der Waals surface area contributed by atoms with Crippen LogP contribution in [0.4, 0.5) is 29.5 Å². The van der Waals surface area contributed by atoms with Gasteiger partial charge in [0.1, 0.15) is 6.33 Å². The number of piperazine rings is 1. The molecule has 2 bridgehead atoms. The number of nitrogens with zero attached hydrogens (tertiary/aromatic N) is 4. The highest BCUT2D eigenvalue weighted by atomic mass is 32.1. The van der Waals surface area contributed by atoms with E-state index in [0.29, 0.717) is 29.2 Å². The number of anilines is 2. The summed E-state index contributed by atoms with van der Waals surface area (Å²) < 4.78 is 38.9. The highest BCUT2D eigenvalue weighted by molar-refractivity contribution is 7.21. The van der Waals surface area contributed by atoms with Crippen LogP contribution in [0.3, 0.4) is 0 Å². The number of thiophene rings is 1. The van der Waals surface area contributed by atoms with E-state index in [1.54, 1.807) is 11.0 Å². The van der Waals surface area contributed by atoms with Gasteiger partial charge in [-0.25, -0.2) is 14.8 Å². The number of aromatic nitrogens is 2. The molecule has 3 amide bonds. The quantitative estimate of drug-likeness (QED) is 0.622. The van der Waals surface area contributed by atoms with E-state index in [2.05, 4.69) is 20.2 Å². The minimum absolute atomic E-state index is 0.0457. The summed E-state index contributed by atoms with van der Waals surface area (Å²) in [7, 11) is 0. The summed E-state index contributed by atoms with van der Waals surface area (Å²) in [5.74, 6) is 0.199. The van der Waals surface area contributed by atoms with E-state index in [9.17, 15) is 22.8 Å². The first-order valence-corrected chi connectivity index (χ1v) is 10.6. The van der Waals surface area contributed by atoms with Crippen LogP contribution in [0.25, 0.3) is 10.2 Å². The molecular weight excluding hydrogens is 445 g/mol. The predicted molar refractivity (Wildman–Crippen MR) is 113 cm³/mol. The van der Waals surface area contributed by atoms with Gasteiger partial charge in [-0.2, -0.15) is 13.2 Å². The predicted octanol–water partition coefficient (Wildman–Crippen LogP) is 3.30. The van der Waals surface area contributed by atoms with Gasteiger partial charge in [0.15, 0.2) is 5.82 Å². The van der Waals surface area contributed by atoms with E-state index in [-0.39, 0.29) is 18.1 Å². The minimum Gasteiger partial charge on any atom is -0.365 e. The topological polar surface area (TPSA) is 104 Å². The van der Waals surface area contributed by atoms with E-state index in [0.717, 1.165) is 29.1 Å². The van der Waals surface area contributed by atoms with Crippen molar-refractivity contribution in [1.29, 1.82) is 0 Å². The average molecular weight is 462 g/mol. The second kappa shape index (κ2) is 7.33. The van der Waals surface area contributed by atoms with E-state index in [4.69, 9.17) is 5.73 Å². The molecule has 0 spiro atoms. The second-order valence-electron chi connectivity index (χ2n) is 7.75. The van der Waals surface area contributed by atoms with Crippen molar-refractivity contribution in [2.45, 2.75) is 24.7 Å².